The number of nitrogens with zero attached hydrogens (tertiary/aromatic N) is 1. The minimum Gasteiger partial charge on any atom is -0.758 e. The summed E-state index contributed by atoms with van der Waals surface area (Å²) in [5.41, 5.74) is -0.332. The zero-order chi connectivity index (χ0) is 6.78. The quantitative estimate of drug-likeness (QED) is 0.485. The van der Waals surface area contributed by atoms with E-state index in [0.717, 1.165) is 5.06 Å². The Labute approximate surface area is 50.4 Å². The Bertz CT molecular complexity index is 83.0. The summed E-state index contributed by atoms with van der Waals surface area (Å²) in [4.78, 5) is 0. The van der Waals surface area contributed by atoms with Crippen LogP contribution in [-0.2, 0) is 0 Å². The Morgan fingerprint density at radius 2 is 1.88 bits per heavy atom. The molecule has 0 fully saturated rings. The summed E-state index contributed by atoms with van der Waals surface area (Å²) in [7, 11) is 0. The molecule has 0 aliphatic carbocycles. The first kappa shape index (κ1) is 7.50. The van der Waals surface area contributed by atoms with Crippen molar-refractivity contribution in [3.05, 3.63) is 18.0 Å². The molecular formula is C6H12NO-. The molecule has 0 N–H and O–H groups in total. The fraction of sp³-hybridized carbons (Fsp3) is 0.667. The second kappa shape index (κ2) is 2.18. The highest BCUT2D eigenvalue weighted by Gasteiger charge is 2.07. The van der Waals surface area contributed by atoms with Crippen LogP contribution in [0.4, 0.5) is 0 Å². The van der Waals surface area contributed by atoms with Crippen molar-refractivity contribution in [3.8, 4) is 0 Å². The second-order valence-corrected chi connectivity index (χ2v) is 2.68. The van der Waals surface area contributed by atoms with Crippen LogP contribution < -0.4 is 0 Å². The topological polar surface area (TPSA) is 26.3 Å². The van der Waals surface area contributed by atoms with Crippen LogP contribution in [0.5, 0.6) is 0 Å². The van der Waals surface area contributed by atoms with Gasteiger partial charge in [-0.3, -0.25) is 0 Å². The highest BCUT2D eigenvalue weighted by atomic mass is 16.5. The third-order valence-corrected chi connectivity index (χ3v) is 0.827. The van der Waals surface area contributed by atoms with Gasteiger partial charge in [-0.15, -0.1) is 0 Å². The molecule has 0 saturated heterocycles. The molecule has 0 radical (unpaired) electrons. The third kappa shape index (κ3) is 1.98. The van der Waals surface area contributed by atoms with Crippen LogP contribution in [0.3, 0.4) is 0 Å². The normalized spacial score (nSPS) is 11.0. The van der Waals surface area contributed by atoms with Gasteiger partial charge >= 0.3 is 0 Å². The summed E-state index contributed by atoms with van der Waals surface area (Å²) in [6.45, 7) is 8.85. The average Bonchev–Trinajstić information content (AvgIpc) is 1.62. The van der Waals surface area contributed by atoms with Gasteiger partial charge < -0.3 is 10.3 Å². The van der Waals surface area contributed by atoms with Gasteiger partial charge in [0.2, 0.25) is 0 Å². The molecule has 0 aromatic carbocycles. The lowest BCUT2D eigenvalue weighted by Crippen LogP contribution is -2.31. The van der Waals surface area contributed by atoms with E-state index in [9.17, 15) is 5.21 Å². The van der Waals surface area contributed by atoms with Gasteiger partial charge in [0.05, 0.1) is 0 Å². The summed E-state index contributed by atoms with van der Waals surface area (Å²) in [5, 5.41) is 11.5. The third-order valence-electron chi connectivity index (χ3n) is 0.827. The zero-order valence-corrected chi connectivity index (χ0v) is 5.64. The number of hydroxylamine groups is 2. The van der Waals surface area contributed by atoms with E-state index in [1.165, 1.54) is 6.20 Å². The molecule has 0 aromatic heterocycles. The summed E-state index contributed by atoms with van der Waals surface area (Å²) >= 11 is 0. The van der Waals surface area contributed by atoms with Crippen LogP contribution in [-0.4, -0.2) is 10.6 Å². The molecular weight excluding hydrogens is 102 g/mol. The van der Waals surface area contributed by atoms with Crippen LogP contribution in [0, 0.1) is 5.21 Å². The van der Waals surface area contributed by atoms with E-state index in [1.807, 2.05) is 20.8 Å². The summed E-state index contributed by atoms with van der Waals surface area (Å²) in [6, 6.07) is 0. The van der Waals surface area contributed by atoms with Crippen molar-refractivity contribution in [2.45, 2.75) is 26.3 Å². The maximum absolute atomic E-state index is 10.6. The van der Waals surface area contributed by atoms with E-state index in [-0.39, 0.29) is 5.54 Å². The highest BCUT2D eigenvalue weighted by molar-refractivity contribution is 4.83. The van der Waals surface area contributed by atoms with E-state index in [0.29, 0.717) is 0 Å². The van der Waals surface area contributed by atoms with Crippen LogP contribution in [0.1, 0.15) is 20.8 Å². The molecule has 0 saturated carbocycles. The predicted octanol–water partition coefficient (Wildman–Crippen LogP) is 1.73. The standard InChI is InChI=1S/C6H12NO/c1-5-7(8)6(2,3)4/h5H,1H2,2-4H3/q-1. The van der Waals surface area contributed by atoms with Gasteiger partial charge in [-0.05, 0) is 27.0 Å². The molecule has 0 bridgehead atoms. The van der Waals surface area contributed by atoms with Crippen molar-refractivity contribution >= 4 is 0 Å². The molecule has 8 heavy (non-hydrogen) atoms. The van der Waals surface area contributed by atoms with Crippen molar-refractivity contribution in [2.75, 3.05) is 0 Å². The largest absolute Gasteiger partial charge is 0.758 e. The molecule has 48 valence electrons. The first-order valence-corrected chi connectivity index (χ1v) is 2.57. The number of rotatable bonds is 1. The molecule has 0 aliphatic heterocycles. The summed E-state index contributed by atoms with van der Waals surface area (Å²) in [6.07, 6.45) is 1.28. The van der Waals surface area contributed by atoms with Gasteiger partial charge in [-0.1, -0.05) is 6.58 Å². The number of hydrogen-bond donors (Lipinski definition) is 0. The van der Waals surface area contributed by atoms with Gasteiger partial charge in [-0.25, -0.2) is 0 Å². The number of hydrogen-bond acceptors (Lipinski definition) is 2. The van der Waals surface area contributed by atoms with Crippen LogP contribution >= 0.6 is 0 Å². The van der Waals surface area contributed by atoms with Gasteiger partial charge in [0.1, 0.15) is 0 Å². The average molecular weight is 114 g/mol. The fourth-order valence-electron chi connectivity index (χ4n) is 0.274. The Morgan fingerprint density at radius 3 is 1.88 bits per heavy atom. The van der Waals surface area contributed by atoms with Crippen LogP contribution in [0.25, 0.3) is 0 Å². The van der Waals surface area contributed by atoms with Crippen molar-refractivity contribution < 1.29 is 0 Å². The Balaban J connectivity index is 3.80. The van der Waals surface area contributed by atoms with Gasteiger partial charge in [0.15, 0.2) is 0 Å². The van der Waals surface area contributed by atoms with E-state index in [1.54, 1.807) is 0 Å². The molecule has 0 amide bonds. The maximum Gasteiger partial charge on any atom is 0.0198 e. The molecule has 0 atom stereocenters. The molecule has 0 spiro atoms. The smallest absolute Gasteiger partial charge is 0.0198 e. The SMILES string of the molecule is C=CN([O-])C(C)(C)C. The van der Waals surface area contributed by atoms with Crippen molar-refractivity contribution in [3.63, 3.8) is 0 Å². The minimum absolute atomic E-state index is 0.332. The van der Waals surface area contributed by atoms with E-state index in [4.69, 9.17) is 0 Å². The minimum atomic E-state index is -0.332. The zero-order valence-electron chi connectivity index (χ0n) is 5.64. The molecule has 0 heterocycles. The Kier molecular flexibility index (Phi) is 2.04. The van der Waals surface area contributed by atoms with Crippen LogP contribution in [0.2, 0.25) is 0 Å². The maximum atomic E-state index is 10.6. The lowest BCUT2D eigenvalue weighted by atomic mass is 10.1. The van der Waals surface area contributed by atoms with Crippen molar-refractivity contribution in [1.82, 2.24) is 5.06 Å². The Morgan fingerprint density at radius 1 is 1.50 bits per heavy atom. The van der Waals surface area contributed by atoms with Gasteiger partial charge in [0.25, 0.3) is 0 Å². The Hall–Kier alpha value is -0.500. The molecule has 2 heteroatoms. The van der Waals surface area contributed by atoms with Gasteiger partial charge in [0, 0.05) is 5.54 Å². The van der Waals surface area contributed by atoms with E-state index in [2.05, 4.69) is 6.58 Å². The molecule has 0 aromatic rings. The first-order valence-electron chi connectivity index (χ1n) is 2.57. The predicted molar refractivity (Wildman–Crippen MR) is 35.2 cm³/mol. The molecule has 0 unspecified atom stereocenters. The lowest BCUT2D eigenvalue weighted by Gasteiger charge is -2.40. The van der Waals surface area contributed by atoms with E-state index < -0.39 is 0 Å². The second-order valence-electron chi connectivity index (χ2n) is 2.68. The first-order chi connectivity index (χ1) is 3.48. The van der Waals surface area contributed by atoms with Crippen molar-refractivity contribution in [1.29, 1.82) is 0 Å². The van der Waals surface area contributed by atoms with Gasteiger partial charge in [-0.2, -0.15) is 0 Å². The molecule has 0 rings (SSSR count). The monoisotopic (exact) mass is 114 g/mol. The van der Waals surface area contributed by atoms with E-state index >= 15 is 0 Å². The molecule has 2 nitrogen and oxygen atoms in total. The summed E-state index contributed by atoms with van der Waals surface area (Å²) < 4.78 is 0. The molecule has 0 aliphatic rings. The summed E-state index contributed by atoms with van der Waals surface area (Å²) in [5.74, 6) is 0. The van der Waals surface area contributed by atoms with Crippen molar-refractivity contribution in [2.24, 2.45) is 0 Å². The fourth-order valence-corrected chi connectivity index (χ4v) is 0.274. The lowest BCUT2D eigenvalue weighted by molar-refractivity contribution is 0.282. The van der Waals surface area contributed by atoms with Crippen LogP contribution in [0.15, 0.2) is 12.8 Å². The highest BCUT2D eigenvalue weighted by Crippen LogP contribution is 2.09.